The van der Waals surface area contributed by atoms with Crippen LogP contribution in [0.25, 0.3) is 0 Å². The summed E-state index contributed by atoms with van der Waals surface area (Å²) >= 11 is 0. The second kappa shape index (κ2) is 14.3. The minimum atomic E-state index is -0.175. The summed E-state index contributed by atoms with van der Waals surface area (Å²) in [6.07, 6.45) is 4.74. The first-order chi connectivity index (χ1) is 17.4. The molecule has 2 aliphatic heterocycles. The Morgan fingerprint density at radius 2 is 1.46 bits per heavy atom. The van der Waals surface area contributed by atoms with Gasteiger partial charge in [0.2, 0.25) is 0 Å². The lowest BCUT2D eigenvalue weighted by molar-refractivity contribution is 0.262. The van der Waals surface area contributed by atoms with Crippen LogP contribution in [-0.4, -0.2) is 44.0 Å². The van der Waals surface area contributed by atoms with Crippen LogP contribution in [0.4, 0.5) is 17.1 Å². The smallest absolute Gasteiger partial charge is 0.153 e. The predicted octanol–water partition coefficient (Wildman–Crippen LogP) is 5.52. The van der Waals surface area contributed by atoms with Crippen molar-refractivity contribution in [2.75, 3.05) is 25.0 Å². The second-order valence-electron chi connectivity index (χ2n) is 10.5. The lowest BCUT2D eigenvalue weighted by Gasteiger charge is -2.33. The molecule has 0 saturated heterocycles. The van der Waals surface area contributed by atoms with Gasteiger partial charge in [-0.15, -0.1) is 37.2 Å². The molecular weight excluding hydrogens is 559 g/mol. The third kappa shape index (κ3) is 7.84. The van der Waals surface area contributed by atoms with Gasteiger partial charge in [0.15, 0.2) is 12.2 Å². The van der Waals surface area contributed by atoms with E-state index in [1.807, 2.05) is 26.0 Å². The van der Waals surface area contributed by atoms with Gasteiger partial charge < -0.3 is 31.2 Å². The topological polar surface area (TPSA) is 110 Å². The van der Waals surface area contributed by atoms with Crippen LogP contribution in [0.3, 0.4) is 0 Å². The molecule has 0 radical (unpaired) electrons. The number of aliphatic imine (C=N–C) groups is 2. The normalized spacial score (nSPS) is 23.1. The van der Waals surface area contributed by atoms with Crippen LogP contribution >= 0.6 is 37.2 Å². The number of hydrogen-bond acceptors (Lipinski definition) is 8. The van der Waals surface area contributed by atoms with Crippen molar-refractivity contribution in [1.29, 1.82) is 0 Å². The molecule has 216 valence electrons. The molecule has 5 N–H and O–H groups in total. The number of ether oxygens (including phenoxy) is 2. The van der Waals surface area contributed by atoms with Gasteiger partial charge in [-0.2, -0.15) is 0 Å². The van der Waals surface area contributed by atoms with E-state index in [2.05, 4.69) is 51.5 Å². The molecule has 4 atom stereocenters. The number of benzene rings is 2. The van der Waals surface area contributed by atoms with E-state index in [4.69, 9.17) is 20.9 Å². The highest BCUT2D eigenvalue weighted by Crippen LogP contribution is 2.37. The molecule has 0 amide bonds. The van der Waals surface area contributed by atoms with Gasteiger partial charge in [0.1, 0.15) is 34.5 Å². The summed E-state index contributed by atoms with van der Waals surface area (Å²) in [4.78, 5) is 11.4. The largest absolute Gasteiger partial charge is 0.481 e. The highest BCUT2D eigenvalue weighted by atomic mass is 35.5. The number of hydrogen-bond donors (Lipinski definition) is 3. The molecule has 1 aliphatic carbocycles. The number of halogens is 3. The number of nitrogens with zero attached hydrogens (tertiary/aromatic N) is 3. The summed E-state index contributed by atoms with van der Waals surface area (Å²) in [5.41, 5.74) is 15.9. The van der Waals surface area contributed by atoms with Crippen molar-refractivity contribution in [1.82, 2.24) is 5.32 Å². The van der Waals surface area contributed by atoms with E-state index in [0.29, 0.717) is 23.5 Å². The molecular formula is C28H41Cl3N6O2. The molecule has 0 aromatic heterocycles. The fraction of sp³-hybridized carbons (Fsp3) is 0.500. The SMILES string of the molecule is CC1Oc2ccc(CNCC3CCCC(CN(C)c4ccc5c(c4)N=C(N)C(C)O5)C3)cc2N=C1N.Cl.Cl.Cl. The molecule has 5 rings (SSSR count). The lowest BCUT2D eigenvalue weighted by Crippen LogP contribution is -2.33. The van der Waals surface area contributed by atoms with Crippen LogP contribution in [0.2, 0.25) is 0 Å². The molecule has 1 saturated carbocycles. The second-order valence-corrected chi connectivity index (χ2v) is 10.5. The number of fused-ring (bicyclic) bond motifs is 2. The summed E-state index contributed by atoms with van der Waals surface area (Å²) < 4.78 is 11.7. The average molecular weight is 600 g/mol. The van der Waals surface area contributed by atoms with E-state index in [1.165, 1.54) is 31.2 Å². The molecule has 39 heavy (non-hydrogen) atoms. The first-order valence-corrected chi connectivity index (χ1v) is 13.1. The van der Waals surface area contributed by atoms with Gasteiger partial charge in [-0.25, -0.2) is 9.98 Å². The van der Waals surface area contributed by atoms with Gasteiger partial charge >= 0.3 is 0 Å². The molecule has 2 aromatic rings. The summed E-state index contributed by atoms with van der Waals surface area (Å²) in [6, 6.07) is 12.4. The van der Waals surface area contributed by atoms with E-state index in [-0.39, 0.29) is 49.4 Å². The zero-order valence-electron chi connectivity index (χ0n) is 22.8. The predicted molar refractivity (Wildman–Crippen MR) is 168 cm³/mol. The molecule has 4 unspecified atom stereocenters. The minimum Gasteiger partial charge on any atom is -0.481 e. The van der Waals surface area contributed by atoms with Crippen molar-refractivity contribution >= 4 is 66.0 Å². The lowest BCUT2D eigenvalue weighted by atomic mass is 9.81. The Labute approximate surface area is 250 Å². The number of amidine groups is 2. The van der Waals surface area contributed by atoms with Gasteiger partial charge in [0.05, 0.1) is 0 Å². The van der Waals surface area contributed by atoms with Gasteiger partial charge in [-0.3, -0.25) is 0 Å². The molecule has 2 heterocycles. The zero-order valence-corrected chi connectivity index (χ0v) is 25.2. The summed E-state index contributed by atoms with van der Waals surface area (Å²) in [7, 11) is 2.17. The van der Waals surface area contributed by atoms with Crippen molar-refractivity contribution in [3.05, 3.63) is 42.0 Å². The van der Waals surface area contributed by atoms with Gasteiger partial charge in [-0.1, -0.05) is 12.5 Å². The standard InChI is InChI=1S/C28H38N6O2.3ClH/c1-17-27(29)32-23-12-20(7-9-25(23)35-17)15-31-14-19-5-4-6-21(11-19)16-34(3)22-8-10-26-24(13-22)33-28(30)18(2)36-26;;;/h7-10,12-13,17-19,21,31H,4-6,11,14-16H2,1-3H3,(H2,29,32)(H2,30,33);3*1H. The Bertz CT molecular complexity index is 1180. The number of nitrogens with two attached hydrogens (primary N) is 2. The highest BCUT2D eigenvalue weighted by Gasteiger charge is 2.24. The third-order valence-electron chi connectivity index (χ3n) is 7.53. The zero-order chi connectivity index (χ0) is 25.2. The summed E-state index contributed by atoms with van der Waals surface area (Å²) in [5.74, 6) is 4.03. The van der Waals surface area contributed by atoms with E-state index >= 15 is 0 Å². The summed E-state index contributed by atoms with van der Waals surface area (Å²) in [5, 5.41) is 3.67. The molecule has 11 heteroatoms. The highest BCUT2D eigenvalue weighted by molar-refractivity contribution is 5.90. The fourth-order valence-electron chi connectivity index (χ4n) is 5.42. The third-order valence-corrected chi connectivity index (χ3v) is 7.53. The van der Waals surface area contributed by atoms with Gasteiger partial charge in [-0.05, 0) is 87.4 Å². The maximum absolute atomic E-state index is 5.99. The molecule has 1 fully saturated rings. The van der Waals surface area contributed by atoms with E-state index < -0.39 is 0 Å². The maximum Gasteiger partial charge on any atom is 0.153 e. The van der Waals surface area contributed by atoms with Crippen molar-refractivity contribution in [3.63, 3.8) is 0 Å². The van der Waals surface area contributed by atoms with Crippen LogP contribution in [0.15, 0.2) is 46.4 Å². The molecule has 2 aromatic carbocycles. The van der Waals surface area contributed by atoms with E-state index in [9.17, 15) is 0 Å². The number of nitrogens with one attached hydrogen (secondary N) is 1. The molecule has 8 nitrogen and oxygen atoms in total. The Morgan fingerprint density at radius 3 is 2.13 bits per heavy atom. The van der Waals surface area contributed by atoms with E-state index in [1.54, 1.807) is 0 Å². The quantitative estimate of drug-likeness (QED) is 0.386. The van der Waals surface area contributed by atoms with Crippen molar-refractivity contribution in [2.45, 2.75) is 58.3 Å². The van der Waals surface area contributed by atoms with E-state index in [0.717, 1.165) is 48.2 Å². The molecule has 3 aliphatic rings. The van der Waals surface area contributed by atoms with Crippen LogP contribution in [0.1, 0.15) is 45.1 Å². The summed E-state index contributed by atoms with van der Waals surface area (Å²) in [6.45, 7) is 6.72. The average Bonchev–Trinajstić information content (AvgIpc) is 2.85. The fourth-order valence-corrected chi connectivity index (χ4v) is 5.42. The molecule has 0 bridgehead atoms. The molecule has 0 spiro atoms. The first-order valence-electron chi connectivity index (χ1n) is 13.1. The minimum absolute atomic E-state index is 0. The van der Waals surface area contributed by atoms with Crippen molar-refractivity contribution in [2.24, 2.45) is 33.3 Å². The monoisotopic (exact) mass is 598 g/mol. The van der Waals surface area contributed by atoms with Crippen LogP contribution in [0, 0.1) is 11.8 Å². The Kier molecular flexibility index (Phi) is 12.0. The number of anilines is 1. The number of rotatable bonds is 7. The van der Waals surface area contributed by atoms with Crippen molar-refractivity contribution < 1.29 is 9.47 Å². The maximum atomic E-state index is 5.99. The van der Waals surface area contributed by atoms with Crippen LogP contribution in [0.5, 0.6) is 11.5 Å². The van der Waals surface area contributed by atoms with Crippen LogP contribution in [-0.2, 0) is 6.54 Å². The Balaban J connectivity index is 0.00000178. The van der Waals surface area contributed by atoms with Crippen molar-refractivity contribution in [3.8, 4) is 11.5 Å². The Morgan fingerprint density at radius 1 is 0.872 bits per heavy atom. The van der Waals surface area contributed by atoms with Crippen LogP contribution < -0.4 is 31.2 Å². The van der Waals surface area contributed by atoms with Gasteiger partial charge in [0, 0.05) is 25.8 Å². The Hall–Kier alpha value is -2.39. The van der Waals surface area contributed by atoms with Gasteiger partial charge in [0.25, 0.3) is 0 Å². The first kappa shape index (κ1) is 32.8.